The molecule has 5 heteroatoms. The van der Waals surface area contributed by atoms with E-state index in [1.54, 1.807) is 0 Å². The first-order chi connectivity index (χ1) is 17.6. The molecule has 4 aromatic rings. The summed E-state index contributed by atoms with van der Waals surface area (Å²) in [6.45, 7) is 1.97. The van der Waals surface area contributed by atoms with E-state index in [4.69, 9.17) is 0 Å². The molecule has 0 saturated carbocycles. The first-order valence-corrected chi connectivity index (χ1v) is 12.7. The quantitative estimate of drug-likeness (QED) is 0.398. The van der Waals surface area contributed by atoms with Crippen LogP contribution in [-0.4, -0.2) is 32.0 Å². The Bertz CT molecular complexity index is 1430. The third-order valence-corrected chi connectivity index (χ3v) is 7.44. The lowest BCUT2D eigenvalue weighted by molar-refractivity contribution is -0.837. The Hall–Kier alpha value is -4.12. The molecule has 1 unspecified atom stereocenters. The summed E-state index contributed by atoms with van der Waals surface area (Å²) in [6.07, 6.45) is 9.89. The lowest BCUT2D eigenvalue weighted by Gasteiger charge is -2.21. The Balaban J connectivity index is 1.45. The average Bonchev–Trinajstić information content (AvgIpc) is 3.26. The summed E-state index contributed by atoms with van der Waals surface area (Å²) in [5.41, 5.74) is 6.12. The minimum absolute atomic E-state index is 0.457. The van der Waals surface area contributed by atoms with Crippen LogP contribution in [0.5, 0.6) is 0 Å². The molecule has 1 atom stereocenters. The molecule has 0 N–H and O–H groups in total. The zero-order chi connectivity index (χ0) is 24.6. The van der Waals surface area contributed by atoms with E-state index in [2.05, 4.69) is 148 Å². The topological polar surface area (TPSA) is 19.2 Å². The summed E-state index contributed by atoms with van der Waals surface area (Å²) in [6, 6.07) is 28.5. The van der Waals surface area contributed by atoms with Crippen molar-refractivity contribution < 1.29 is 9.36 Å². The van der Waals surface area contributed by atoms with Gasteiger partial charge in [0, 0.05) is 13.0 Å². The van der Waals surface area contributed by atoms with Crippen molar-refractivity contribution in [2.75, 3.05) is 37.0 Å². The number of allylic oxidation sites excluding steroid dienone is 4. The van der Waals surface area contributed by atoms with Crippen LogP contribution in [-0.2, 0) is 7.05 Å². The van der Waals surface area contributed by atoms with E-state index in [0.29, 0.717) is 5.92 Å². The Morgan fingerprint density at radius 2 is 1.19 bits per heavy atom. The highest BCUT2D eigenvalue weighted by Gasteiger charge is 2.44. The highest BCUT2D eigenvalue weighted by atomic mass is 15.7. The molecule has 0 saturated heterocycles. The fourth-order valence-electron chi connectivity index (χ4n) is 5.42. The highest BCUT2D eigenvalue weighted by Crippen LogP contribution is 2.29. The highest BCUT2D eigenvalue weighted by molar-refractivity contribution is 5.64. The molecule has 180 valence electrons. The number of aromatic nitrogens is 3. The number of anilines is 2. The Labute approximate surface area is 213 Å². The third-order valence-electron chi connectivity index (χ3n) is 7.44. The number of nitrogens with zero attached hydrogens (tertiary/aromatic N) is 5. The maximum Gasteiger partial charge on any atom is 0.437 e. The van der Waals surface area contributed by atoms with Crippen LogP contribution in [0.1, 0.15) is 17.9 Å². The van der Waals surface area contributed by atoms with Gasteiger partial charge < -0.3 is 4.90 Å². The van der Waals surface area contributed by atoms with Crippen LogP contribution < -0.4 is 19.2 Å². The second kappa shape index (κ2) is 9.15. The molecule has 6 rings (SSSR count). The summed E-state index contributed by atoms with van der Waals surface area (Å²) in [4.78, 5) is 6.97. The summed E-state index contributed by atoms with van der Waals surface area (Å²) in [5, 5.41) is 0. The molecule has 0 fully saturated rings. The number of benzene rings is 3. The molecule has 0 bridgehead atoms. The molecule has 36 heavy (non-hydrogen) atoms. The molecule has 2 heterocycles. The smallest absolute Gasteiger partial charge is 0.321 e. The minimum Gasteiger partial charge on any atom is -0.321 e. The maximum atomic E-state index is 2.37. The standard InChI is InChI=1S/C31H33N5/c1-32-22-23-33(2)31-30(32)35(28-18-14-26(15-19-28)24-10-6-4-7-11-24)34(3)36(31)29-20-16-27(17-21-29)25-12-8-5-9-13-25/h4-12,14-21,25H,13,22-23H2,1-3H3/q+2. The SMILES string of the molecule is CN1CCN(C)c2c1[n+](-c1ccc(-c3ccccc3)cc1)n(C)[n+]2-c1ccc(C2C=CC=CC2)cc1. The summed E-state index contributed by atoms with van der Waals surface area (Å²) < 4.78 is 4.65. The predicted octanol–water partition coefficient (Wildman–Crippen LogP) is 4.73. The molecule has 2 aliphatic rings. The number of likely N-dealkylation sites (N-methyl/N-ethyl adjacent to an activating group) is 2. The third kappa shape index (κ3) is 3.81. The lowest BCUT2D eigenvalue weighted by Crippen LogP contribution is -2.53. The Morgan fingerprint density at radius 3 is 1.75 bits per heavy atom. The predicted molar refractivity (Wildman–Crippen MR) is 146 cm³/mol. The van der Waals surface area contributed by atoms with Crippen molar-refractivity contribution in [3.63, 3.8) is 0 Å². The van der Waals surface area contributed by atoms with Crippen LogP contribution in [0.4, 0.5) is 11.6 Å². The molecule has 0 amide bonds. The van der Waals surface area contributed by atoms with Crippen molar-refractivity contribution in [1.29, 1.82) is 0 Å². The largest absolute Gasteiger partial charge is 0.437 e. The molecule has 1 aliphatic heterocycles. The zero-order valence-corrected chi connectivity index (χ0v) is 21.2. The molecular weight excluding hydrogens is 442 g/mol. The van der Waals surface area contributed by atoms with E-state index < -0.39 is 0 Å². The van der Waals surface area contributed by atoms with Gasteiger partial charge in [-0.2, -0.15) is 0 Å². The number of hydrogen-bond donors (Lipinski definition) is 0. The summed E-state index contributed by atoms with van der Waals surface area (Å²) in [5.74, 6) is 2.85. The van der Waals surface area contributed by atoms with Crippen LogP contribution >= 0.6 is 0 Å². The normalized spacial score (nSPS) is 16.9. The van der Waals surface area contributed by atoms with E-state index >= 15 is 0 Å². The van der Waals surface area contributed by atoms with Gasteiger partial charge in [0.05, 0.1) is 20.6 Å². The van der Waals surface area contributed by atoms with Gasteiger partial charge in [-0.05, 0) is 69.0 Å². The zero-order valence-electron chi connectivity index (χ0n) is 21.2. The fourth-order valence-corrected chi connectivity index (χ4v) is 5.42. The number of rotatable bonds is 4. The van der Waals surface area contributed by atoms with E-state index in [0.717, 1.165) is 30.9 Å². The second-order valence-electron chi connectivity index (χ2n) is 9.76. The first kappa shape index (κ1) is 22.4. The van der Waals surface area contributed by atoms with E-state index in [-0.39, 0.29) is 0 Å². The van der Waals surface area contributed by atoms with Crippen molar-refractivity contribution in [2.24, 2.45) is 7.05 Å². The van der Waals surface area contributed by atoms with Crippen molar-refractivity contribution >= 4 is 11.6 Å². The Morgan fingerprint density at radius 1 is 0.639 bits per heavy atom. The molecule has 1 aromatic heterocycles. The van der Waals surface area contributed by atoms with Gasteiger partial charge in [-0.1, -0.05) is 71.5 Å². The van der Waals surface area contributed by atoms with Gasteiger partial charge in [0.2, 0.25) is 0 Å². The average molecular weight is 476 g/mol. The van der Waals surface area contributed by atoms with Gasteiger partial charge in [0.1, 0.15) is 6.54 Å². The van der Waals surface area contributed by atoms with Gasteiger partial charge >= 0.3 is 11.6 Å². The van der Waals surface area contributed by atoms with Crippen molar-refractivity contribution in [1.82, 2.24) is 4.80 Å². The van der Waals surface area contributed by atoms with E-state index in [1.807, 2.05) is 0 Å². The van der Waals surface area contributed by atoms with Crippen molar-refractivity contribution in [3.05, 3.63) is 109 Å². The molecule has 5 nitrogen and oxygen atoms in total. The number of fused-ring (bicyclic) bond motifs is 1. The van der Waals surface area contributed by atoms with Gasteiger partial charge in [0.25, 0.3) is 0 Å². The molecular formula is C31H33N5+2. The minimum atomic E-state index is 0.457. The summed E-state index contributed by atoms with van der Waals surface area (Å²) >= 11 is 0. The molecule has 0 spiro atoms. The molecule has 0 radical (unpaired) electrons. The van der Waals surface area contributed by atoms with Crippen LogP contribution in [0.25, 0.3) is 22.5 Å². The van der Waals surface area contributed by atoms with Gasteiger partial charge in [0.15, 0.2) is 11.4 Å². The van der Waals surface area contributed by atoms with Crippen LogP contribution in [0, 0.1) is 0 Å². The molecule has 1 aliphatic carbocycles. The van der Waals surface area contributed by atoms with E-state index in [1.165, 1.54) is 28.3 Å². The van der Waals surface area contributed by atoms with Crippen molar-refractivity contribution in [3.8, 4) is 22.5 Å². The Kier molecular flexibility index (Phi) is 5.68. The monoisotopic (exact) mass is 475 g/mol. The number of hydrogen-bond acceptors (Lipinski definition) is 2. The second-order valence-corrected chi connectivity index (χ2v) is 9.76. The molecule has 3 aromatic carbocycles. The maximum absolute atomic E-state index is 2.37. The van der Waals surface area contributed by atoms with Gasteiger partial charge in [-0.3, -0.25) is 0 Å². The van der Waals surface area contributed by atoms with Crippen LogP contribution in [0.2, 0.25) is 0 Å². The van der Waals surface area contributed by atoms with Crippen molar-refractivity contribution in [2.45, 2.75) is 12.3 Å². The van der Waals surface area contributed by atoms with Gasteiger partial charge in [-0.25, -0.2) is 4.90 Å². The van der Waals surface area contributed by atoms with Crippen LogP contribution in [0.15, 0.2) is 103 Å². The summed E-state index contributed by atoms with van der Waals surface area (Å²) in [7, 11) is 6.53. The van der Waals surface area contributed by atoms with E-state index in [9.17, 15) is 0 Å². The van der Waals surface area contributed by atoms with Gasteiger partial charge in [-0.15, -0.1) is 0 Å². The lowest BCUT2D eigenvalue weighted by atomic mass is 9.92. The van der Waals surface area contributed by atoms with Crippen LogP contribution in [0.3, 0.4) is 0 Å². The fraction of sp³-hybridized carbons (Fsp3) is 0.226. The first-order valence-electron chi connectivity index (χ1n) is 12.7.